The lowest BCUT2D eigenvalue weighted by Crippen LogP contribution is -2.31. The zero-order valence-electron chi connectivity index (χ0n) is 11.2. The van der Waals surface area contributed by atoms with Gasteiger partial charge in [-0.1, -0.05) is 18.5 Å². The van der Waals surface area contributed by atoms with Crippen LogP contribution in [0.15, 0.2) is 12.1 Å². The average molecular weight is 302 g/mol. The highest BCUT2D eigenvalue weighted by molar-refractivity contribution is 6.31. The first-order chi connectivity index (χ1) is 9.52. The van der Waals surface area contributed by atoms with Crippen LogP contribution in [0.5, 0.6) is 0 Å². The highest BCUT2D eigenvalue weighted by Crippen LogP contribution is 2.30. The molecular weight excluding hydrogens is 285 g/mol. The van der Waals surface area contributed by atoms with Gasteiger partial charge in [0.1, 0.15) is 11.5 Å². The predicted molar refractivity (Wildman–Crippen MR) is 76.8 cm³/mol. The normalized spacial score (nSPS) is 14.6. The predicted octanol–water partition coefficient (Wildman–Crippen LogP) is 3.28. The second-order valence-corrected chi connectivity index (χ2v) is 5.23. The van der Waals surface area contributed by atoms with Crippen molar-refractivity contribution in [2.24, 2.45) is 0 Å². The van der Waals surface area contributed by atoms with E-state index >= 15 is 0 Å². The first-order valence-corrected chi connectivity index (χ1v) is 7.02. The highest BCUT2D eigenvalue weighted by Gasteiger charge is 2.27. The molecule has 7 heteroatoms. The molecule has 1 aliphatic rings. The summed E-state index contributed by atoms with van der Waals surface area (Å²) in [5, 5.41) is 13.8. The summed E-state index contributed by atoms with van der Waals surface area (Å²) in [6.45, 7) is 4.41. The van der Waals surface area contributed by atoms with Crippen LogP contribution < -0.4 is 5.32 Å². The second kappa shape index (κ2) is 6.37. The molecule has 0 heterocycles. The molecule has 0 radical (unpaired) electrons. The fourth-order valence-corrected chi connectivity index (χ4v) is 2.37. The van der Waals surface area contributed by atoms with Crippen molar-refractivity contribution in [1.29, 1.82) is 0 Å². The minimum absolute atomic E-state index is 0.118. The van der Waals surface area contributed by atoms with E-state index in [1.54, 1.807) is 0 Å². The minimum Gasteiger partial charge on any atom is -0.378 e. The number of hydrogen-bond donors (Lipinski definition) is 1. The van der Waals surface area contributed by atoms with Crippen LogP contribution in [0.4, 0.5) is 15.8 Å². The van der Waals surface area contributed by atoms with Crippen LogP contribution in [0.25, 0.3) is 0 Å². The summed E-state index contributed by atoms with van der Waals surface area (Å²) in [5.41, 5.74) is -0.0328. The van der Waals surface area contributed by atoms with E-state index in [0.717, 1.165) is 19.2 Å². The van der Waals surface area contributed by atoms with Gasteiger partial charge in [-0.2, -0.15) is 0 Å². The standard InChI is InChI=1S/C13H17ClFN3O2/c1-2-17(9-3-4-9)6-5-16-12-7-10(14)11(15)8-13(12)18(19)20/h7-9,16H,2-6H2,1H3. The highest BCUT2D eigenvalue weighted by atomic mass is 35.5. The van der Waals surface area contributed by atoms with E-state index in [9.17, 15) is 14.5 Å². The third-order valence-corrected chi connectivity index (χ3v) is 3.71. The van der Waals surface area contributed by atoms with E-state index in [1.807, 2.05) is 0 Å². The van der Waals surface area contributed by atoms with Crippen molar-refractivity contribution in [3.8, 4) is 0 Å². The van der Waals surface area contributed by atoms with Gasteiger partial charge in [0.25, 0.3) is 5.69 Å². The van der Waals surface area contributed by atoms with Crippen molar-refractivity contribution in [3.05, 3.63) is 33.1 Å². The molecule has 0 saturated heterocycles. The van der Waals surface area contributed by atoms with Crippen LogP contribution in [0.2, 0.25) is 5.02 Å². The third kappa shape index (κ3) is 3.58. The van der Waals surface area contributed by atoms with Gasteiger partial charge in [0.2, 0.25) is 0 Å². The van der Waals surface area contributed by atoms with Crippen LogP contribution in [-0.2, 0) is 0 Å². The number of halogens is 2. The molecule has 1 saturated carbocycles. The Hall–Kier alpha value is -1.40. The van der Waals surface area contributed by atoms with E-state index in [0.29, 0.717) is 12.6 Å². The SMILES string of the molecule is CCN(CCNc1cc(Cl)c(F)cc1[N+](=O)[O-])C1CC1. The smallest absolute Gasteiger partial charge is 0.295 e. The maximum absolute atomic E-state index is 13.3. The molecule has 2 rings (SSSR count). The summed E-state index contributed by atoms with van der Waals surface area (Å²) >= 11 is 5.67. The Morgan fingerprint density at radius 1 is 1.55 bits per heavy atom. The number of nitrogens with one attached hydrogen (secondary N) is 1. The molecule has 20 heavy (non-hydrogen) atoms. The Morgan fingerprint density at radius 3 is 2.80 bits per heavy atom. The van der Waals surface area contributed by atoms with Crippen molar-refractivity contribution in [2.45, 2.75) is 25.8 Å². The fraction of sp³-hybridized carbons (Fsp3) is 0.538. The molecule has 1 fully saturated rings. The van der Waals surface area contributed by atoms with Gasteiger partial charge in [0.15, 0.2) is 0 Å². The Balaban J connectivity index is 2.00. The Morgan fingerprint density at radius 2 is 2.25 bits per heavy atom. The molecule has 1 aromatic rings. The van der Waals surface area contributed by atoms with Crippen molar-refractivity contribution >= 4 is 23.0 Å². The third-order valence-electron chi connectivity index (χ3n) is 3.42. The molecule has 0 unspecified atom stereocenters. The van der Waals surface area contributed by atoms with E-state index in [1.165, 1.54) is 18.9 Å². The lowest BCUT2D eigenvalue weighted by Gasteiger charge is -2.20. The number of nitro groups is 1. The van der Waals surface area contributed by atoms with Crippen molar-refractivity contribution in [2.75, 3.05) is 25.0 Å². The van der Waals surface area contributed by atoms with Crippen LogP contribution in [0, 0.1) is 15.9 Å². The first kappa shape index (κ1) is 15.0. The summed E-state index contributed by atoms with van der Waals surface area (Å²) in [6, 6.07) is 2.76. The quantitative estimate of drug-likeness (QED) is 0.620. The number of nitro benzene ring substituents is 1. The second-order valence-electron chi connectivity index (χ2n) is 4.83. The maximum Gasteiger partial charge on any atom is 0.295 e. The number of anilines is 1. The van der Waals surface area contributed by atoms with Gasteiger partial charge in [0.05, 0.1) is 16.0 Å². The van der Waals surface area contributed by atoms with Crippen LogP contribution in [0.1, 0.15) is 19.8 Å². The van der Waals surface area contributed by atoms with Crippen molar-refractivity contribution < 1.29 is 9.31 Å². The topological polar surface area (TPSA) is 58.4 Å². The monoisotopic (exact) mass is 301 g/mol. The van der Waals surface area contributed by atoms with Gasteiger partial charge >= 0.3 is 0 Å². The number of likely N-dealkylation sites (N-methyl/N-ethyl adjacent to an activating group) is 1. The molecule has 5 nitrogen and oxygen atoms in total. The molecule has 1 N–H and O–H groups in total. The van der Waals surface area contributed by atoms with E-state index in [-0.39, 0.29) is 16.4 Å². The zero-order chi connectivity index (χ0) is 14.7. The molecule has 0 aliphatic heterocycles. The van der Waals surface area contributed by atoms with Crippen LogP contribution in [0.3, 0.4) is 0 Å². The number of benzene rings is 1. The Labute approximate surface area is 121 Å². The molecule has 1 aromatic carbocycles. The molecule has 0 amide bonds. The number of hydrogen-bond acceptors (Lipinski definition) is 4. The molecule has 0 spiro atoms. The molecule has 110 valence electrons. The largest absolute Gasteiger partial charge is 0.378 e. The first-order valence-electron chi connectivity index (χ1n) is 6.64. The summed E-state index contributed by atoms with van der Waals surface area (Å²) < 4.78 is 13.3. The lowest BCUT2D eigenvalue weighted by atomic mass is 10.2. The summed E-state index contributed by atoms with van der Waals surface area (Å²) in [7, 11) is 0. The summed E-state index contributed by atoms with van der Waals surface area (Å²) in [5.74, 6) is -0.780. The fourth-order valence-electron chi connectivity index (χ4n) is 2.20. The Bertz CT molecular complexity index is 509. The van der Waals surface area contributed by atoms with Gasteiger partial charge < -0.3 is 5.32 Å². The minimum atomic E-state index is -0.780. The van der Waals surface area contributed by atoms with Gasteiger partial charge in [-0.15, -0.1) is 0 Å². The van der Waals surface area contributed by atoms with Gasteiger partial charge in [-0.05, 0) is 25.5 Å². The van der Waals surface area contributed by atoms with E-state index in [2.05, 4.69) is 17.1 Å². The molecule has 1 aliphatic carbocycles. The van der Waals surface area contributed by atoms with E-state index < -0.39 is 10.7 Å². The van der Waals surface area contributed by atoms with Crippen molar-refractivity contribution in [1.82, 2.24) is 4.90 Å². The number of rotatable bonds is 7. The lowest BCUT2D eigenvalue weighted by molar-refractivity contribution is -0.384. The molecule has 0 atom stereocenters. The van der Waals surface area contributed by atoms with Gasteiger partial charge in [-0.3, -0.25) is 15.0 Å². The summed E-state index contributed by atoms with van der Waals surface area (Å²) in [4.78, 5) is 12.6. The molecule has 0 aromatic heterocycles. The summed E-state index contributed by atoms with van der Waals surface area (Å²) in [6.07, 6.45) is 2.44. The van der Waals surface area contributed by atoms with Crippen molar-refractivity contribution in [3.63, 3.8) is 0 Å². The van der Waals surface area contributed by atoms with Gasteiger partial charge in [0, 0.05) is 19.1 Å². The van der Waals surface area contributed by atoms with Gasteiger partial charge in [-0.25, -0.2) is 4.39 Å². The Kier molecular flexibility index (Phi) is 4.77. The zero-order valence-corrected chi connectivity index (χ0v) is 12.0. The van der Waals surface area contributed by atoms with Crippen LogP contribution >= 0.6 is 11.6 Å². The van der Waals surface area contributed by atoms with Crippen LogP contribution in [-0.4, -0.2) is 35.5 Å². The number of nitrogens with zero attached hydrogens (tertiary/aromatic N) is 2. The molecular formula is C13H17ClFN3O2. The molecule has 0 bridgehead atoms. The average Bonchev–Trinajstić information content (AvgIpc) is 3.22. The van der Waals surface area contributed by atoms with E-state index in [4.69, 9.17) is 11.6 Å². The maximum atomic E-state index is 13.3.